The van der Waals surface area contributed by atoms with E-state index < -0.39 is 6.10 Å². The Morgan fingerprint density at radius 3 is 2.30 bits per heavy atom. The molecule has 0 spiro atoms. The first kappa shape index (κ1) is 15.3. The fourth-order valence-electron chi connectivity index (χ4n) is 2.63. The molecule has 0 unspecified atom stereocenters. The number of aliphatic hydroxyl groups excluding tert-OH is 1. The molecular weight excluding hydrogens is 250 g/mol. The number of hydrogen-bond acceptors (Lipinski definition) is 4. The van der Waals surface area contributed by atoms with Gasteiger partial charge in [-0.25, -0.2) is 0 Å². The Kier molecular flexibility index (Phi) is 4.66. The van der Waals surface area contributed by atoms with Crippen LogP contribution in [0.5, 0.6) is 0 Å². The Morgan fingerprint density at radius 1 is 1.20 bits per heavy atom. The van der Waals surface area contributed by atoms with Gasteiger partial charge in [-0.05, 0) is 39.3 Å². The van der Waals surface area contributed by atoms with Crippen molar-refractivity contribution < 1.29 is 5.11 Å². The van der Waals surface area contributed by atoms with E-state index in [0.717, 1.165) is 37.6 Å². The van der Waals surface area contributed by atoms with Gasteiger partial charge in [0.15, 0.2) is 0 Å². The Bertz CT molecular complexity index is 416. The maximum atomic E-state index is 9.77. The van der Waals surface area contributed by atoms with Crippen LogP contribution < -0.4 is 4.90 Å². The molecule has 20 heavy (non-hydrogen) atoms. The molecule has 1 aliphatic heterocycles. The van der Waals surface area contributed by atoms with Gasteiger partial charge in [-0.2, -0.15) is 0 Å². The van der Waals surface area contributed by atoms with Crippen molar-refractivity contribution in [1.29, 1.82) is 0 Å². The van der Waals surface area contributed by atoms with Crippen LogP contribution >= 0.6 is 0 Å². The molecule has 4 heteroatoms. The standard InChI is InChI=1S/C16H27N3O/c1-5-15(20)14-7-6-13(12-17-14)18-8-10-19(11-9-18)16(2,3)4/h6-7,12,15,20H,5,8-11H2,1-4H3/t15-/m0/s1. The lowest BCUT2D eigenvalue weighted by Gasteiger charge is -2.43. The predicted octanol–water partition coefficient (Wildman–Crippen LogP) is 2.45. The van der Waals surface area contributed by atoms with Crippen molar-refractivity contribution >= 4 is 5.69 Å². The van der Waals surface area contributed by atoms with E-state index in [1.807, 2.05) is 19.2 Å². The molecule has 0 radical (unpaired) electrons. The van der Waals surface area contributed by atoms with Crippen molar-refractivity contribution in [2.45, 2.75) is 45.8 Å². The largest absolute Gasteiger partial charge is 0.387 e. The van der Waals surface area contributed by atoms with E-state index in [1.165, 1.54) is 0 Å². The Labute approximate surface area is 122 Å². The molecule has 2 rings (SSSR count). The van der Waals surface area contributed by atoms with Crippen LogP contribution in [0.25, 0.3) is 0 Å². The van der Waals surface area contributed by atoms with E-state index in [4.69, 9.17) is 0 Å². The zero-order valence-corrected chi connectivity index (χ0v) is 13.1. The summed E-state index contributed by atoms with van der Waals surface area (Å²) in [5.41, 5.74) is 2.18. The second-order valence-electron chi connectivity index (χ2n) is 6.51. The summed E-state index contributed by atoms with van der Waals surface area (Å²) in [7, 11) is 0. The first-order valence-corrected chi connectivity index (χ1v) is 7.56. The number of nitrogens with zero attached hydrogens (tertiary/aromatic N) is 3. The molecule has 0 aliphatic carbocycles. The molecule has 0 amide bonds. The second-order valence-corrected chi connectivity index (χ2v) is 6.51. The van der Waals surface area contributed by atoms with E-state index in [1.54, 1.807) is 0 Å². The van der Waals surface area contributed by atoms with Crippen LogP contribution in [-0.2, 0) is 0 Å². The zero-order chi connectivity index (χ0) is 14.8. The normalized spacial score (nSPS) is 19.1. The van der Waals surface area contributed by atoms with Crippen molar-refractivity contribution in [3.63, 3.8) is 0 Å². The van der Waals surface area contributed by atoms with E-state index in [9.17, 15) is 5.11 Å². The van der Waals surface area contributed by atoms with E-state index in [2.05, 4.69) is 41.6 Å². The molecule has 0 saturated carbocycles. The number of aromatic nitrogens is 1. The van der Waals surface area contributed by atoms with Gasteiger partial charge in [0.2, 0.25) is 0 Å². The van der Waals surface area contributed by atoms with Crippen molar-refractivity contribution in [2.24, 2.45) is 0 Å². The third-order valence-corrected chi connectivity index (χ3v) is 4.09. The topological polar surface area (TPSA) is 39.6 Å². The number of anilines is 1. The molecule has 1 aliphatic rings. The highest BCUT2D eigenvalue weighted by molar-refractivity contribution is 5.45. The van der Waals surface area contributed by atoms with Crippen LogP contribution in [0.15, 0.2) is 18.3 Å². The molecule has 112 valence electrons. The third-order valence-electron chi connectivity index (χ3n) is 4.09. The van der Waals surface area contributed by atoms with Crippen LogP contribution in [0.1, 0.15) is 45.9 Å². The second kappa shape index (κ2) is 6.10. The molecule has 1 atom stereocenters. The highest BCUT2D eigenvalue weighted by Gasteiger charge is 2.25. The first-order chi connectivity index (χ1) is 9.41. The van der Waals surface area contributed by atoms with Crippen molar-refractivity contribution in [2.75, 3.05) is 31.1 Å². The Morgan fingerprint density at radius 2 is 1.85 bits per heavy atom. The number of pyridine rings is 1. The van der Waals surface area contributed by atoms with E-state index in [-0.39, 0.29) is 5.54 Å². The summed E-state index contributed by atoms with van der Waals surface area (Å²) in [4.78, 5) is 9.28. The minimum Gasteiger partial charge on any atom is -0.387 e. The summed E-state index contributed by atoms with van der Waals surface area (Å²) in [6, 6.07) is 4.02. The van der Waals surface area contributed by atoms with E-state index >= 15 is 0 Å². The first-order valence-electron chi connectivity index (χ1n) is 7.56. The zero-order valence-electron chi connectivity index (χ0n) is 13.1. The minimum absolute atomic E-state index is 0.249. The summed E-state index contributed by atoms with van der Waals surface area (Å²) >= 11 is 0. The minimum atomic E-state index is -0.443. The molecule has 0 bridgehead atoms. The monoisotopic (exact) mass is 277 g/mol. The summed E-state index contributed by atoms with van der Waals surface area (Å²) in [6.45, 7) is 13.0. The summed E-state index contributed by atoms with van der Waals surface area (Å²) < 4.78 is 0. The summed E-state index contributed by atoms with van der Waals surface area (Å²) in [6.07, 6.45) is 2.15. The lowest BCUT2D eigenvalue weighted by molar-refractivity contribution is 0.128. The maximum absolute atomic E-state index is 9.77. The highest BCUT2D eigenvalue weighted by atomic mass is 16.3. The molecule has 4 nitrogen and oxygen atoms in total. The average Bonchev–Trinajstić information content (AvgIpc) is 2.46. The molecule has 0 aromatic carbocycles. The van der Waals surface area contributed by atoms with Gasteiger partial charge in [-0.1, -0.05) is 6.92 Å². The van der Waals surface area contributed by atoms with Crippen molar-refractivity contribution in [1.82, 2.24) is 9.88 Å². The van der Waals surface area contributed by atoms with Gasteiger partial charge in [-0.3, -0.25) is 9.88 Å². The quantitative estimate of drug-likeness (QED) is 0.921. The van der Waals surface area contributed by atoms with Crippen molar-refractivity contribution in [3.05, 3.63) is 24.0 Å². The molecule has 1 N–H and O–H groups in total. The third kappa shape index (κ3) is 3.49. The molecule has 1 fully saturated rings. The Balaban J connectivity index is 1.97. The van der Waals surface area contributed by atoms with Crippen molar-refractivity contribution in [3.8, 4) is 0 Å². The highest BCUT2D eigenvalue weighted by Crippen LogP contribution is 2.22. The molecule has 1 aromatic rings. The van der Waals surface area contributed by atoms with Crippen LogP contribution in [0.2, 0.25) is 0 Å². The maximum Gasteiger partial charge on any atom is 0.0957 e. The van der Waals surface area contributed by atoms with Gasteiger partial charge in [0.05, 0.1) is 23.7 Å². The molecule has 1 aromatic heterocycles. The van der Waals surface area contributed by atoms with Gasteiger partial charge in [0.25, 0.3) is 0 Å². The van der Waals surface area contributed by atoms with Gasteiger partial charge < -0.3 is 10.0 Å². The average molecular weight is 277 g/mol. The predicted molar refractivity (Wildman–Crippen MR) is 83.0 cm³/mol. The van der Waals surface area contributed by atoms with Gasteiger partial charge in [0, 0.05) is 31.7 Å². The van der Waals surface area contributed by atoms with Crippen LogP contribution in [-0.4, -0.2) is 46.7 Å². The fraction of sp³-hybridized carbons (Fsp3) is 0.688. The summed E-state index contributed by atoms with van der Waals surface area (Å²) in [5.74, 6) is 0. The number of hydrogen-bond donors (Lipinski definition) is 1. The van der Waals surface area contributed by atoms with Gasteiger partial charge in [-0.15, -0.1) is 0 Å². The van der Waals surface area contributed by atoms with E-state index in [0.29, 0.717) is 6.42 Å². The van der Waals surface area contributed by atoms with Crippen LogP contribution in [0.3, 0.4) is 0 Å². The summed E-state index contributed by atoms with van der Waals surface area (Å²) in [5, 5.41) is 9.77. The SMILES string of the molecule is CC[C@H](O)c1ccc(N2CCN(C(C)(C)C)CC2)cn1. The van der Waals surface area contributed by atoms with Gasteiger partial charge >= 0.3 is 0 Å². The number of rotatable bonds is 3. The number of piperazine rings is 1. The lowest BCUT2D eigenvalue weighted by Crippen LogP contribution is -2.53. The smallest absolute Gasteiger partial charge is 0.0957 e. The lowest BCUT2D eigenvalue weighted by atomic mass is 10.0. The van der Waals surface area contributed by atoms with Gasteiger partial charge in [0.1, 0.15) is 0 Å². The Hall–Kier alpha value is -1.13. The fourth-order valence-corrected chi connectivity index (χ4v) is 2.63. The van der Waals surface area contributed by atoms with Crippen LogP contribution in [0, 0.1) is 0 Å². The van der Waals surface area contributed by atoms with Crippen LogP contribution in [0.4, 0.5) is 5.69 Å². The molecule has 1 saturated heterocycles. The molecule has 2 heterocycles. The number of aliphatic hydroxyl groups is 1. The molecular formula is C16H27N3O.